The van der Waals surface area contributed by atoms with Crippen LogP contribution in [0.4, 0.5) is 0 Å². The van der Waals surface area contributed by atoms with Gasteiger partial charge in [-0.25, -0.2) is 19.9 Å². The Hall–Kier alpha value is -13.9. The Morgan fingerprint density at radius 3 is 0.509 bits per heavy atom. The lowest BCUT2D eigenvalue weighted by molar-refractivity contribution is 1.01. The third-order valence-corrected chi connectivity index (χ3v) is 42.0. The van der Waals surface area contributed by atoms with E-state index in [2.05, 4.69) is 470 Å². The highest BCUT2D eigenvalue weighted by Gasteiger charge is 2.51. The van der Waals surface area contributed by atoms with Gasteiger partial charge in [-0.05, 0) is 122 Å². The normalized spacial score (nSPS) is 12.0. The van der Waals surface area contributed by atoms with Gasteiger partial charge in [0.05, 0.1) is 22.1 Å². The van der Waals surface area contributed by atoms with Crippen molar-refractivity contribution >= 4 is 159 Å². The largest absolute Gasteiger partial charge is 0.278 e. The Labute approximate surface area is 667 Å². The summed E-state index contributed by atoms with van der Waals surface area (Å²) in [4.78, 5) is 24.8. The van der Waals surface area contributed by atoms with Gasteiger partial charge < -0.3 is 0 Å². The molecule has 0 radical (unpaired) electrons. The summed E-state index contributed by atoms with van der Waals surface area (Å²) in [6.07, 6.45) is 0. The molecular formula is C104H76N6Si4. The summed E-state index contributed by atoms with van der Waals surface area (Å²) < 4.78 is 4.72. The van der Waals surface area contributed by atoms with Gasteiger partial charge in [0.2, 0.25) is 44.2 Å². The van der Waals surface area contributed by atoms with Crippen LogP contribution in [0, 0.1) is 0 Å². The van der Waals surface area contributed by atoms with E-state index < -0.39 is 32.3 Å². The molecule has 114 heavy (non-hydrogen) atoms. The number of fused-ring (bicyclic) bond motifs is 6. The Kier molecular flexibility index (Phi) is 17.9. The molecule has 0 saturated heterocycles. The average Bonchev–Trinajstić information content (AvgIpc) is 0.896. The standard InChI is InChI=1S/C104H76N6Si4/c1-13-41-79(42-14-1)111(80-43-15-2-16-44-80,81-45-17-3-18-46-81)99-75-100(112(82-47-19-4-20-48-82,83-49-21-5-22-50-83)84-51-23-6-24-52-84)106-103(105-99)109-95-67-39-37-65-91(95)93-73-77(69-71-97(93)109)78-70-72-98-94(74-78)92-66-38-40-68-96(92)110(98)104-107-101(113(85-53-25-7-26-54-85,86-55-27-8-28-56-86)87-57-29-9-30-58-87)76-102(108-104)114(88-59-31-10-32-60-88,89-61-33-11-34-62-89)90-63-35-12-36-64-90/h1-76H. The molecule has 0 saturated carbocycles. The lowest BCUT2D eigenvalue weighted by atomic mass is 10.0. The summed E-state index contributed by atoms with van der Waals surface area (Å²) in [5.74, 6) is 1.24. The fraction of sp³-hybridized carbons (Fsp3) is 0. The number of aromatic nitrogens is 6. The molecule has 20 rings (SSSR count). The Bertz CT molecular complexity index is 5720. The number of rotatable bonds is 19. The van der Waals surface area contributed by atoms with Crippen molar-refractivity contribution < 1.29 is 0 Å². The highest BCUT2D eigenvalue weighted by atomic mass is 28.3. The fourth-order valence-corrected chi connectivity index (χ4v) is 37.2. The van der Waals surface area contributed by atoms with E-state index in [1.807, 2.05) is 0 Å². The SMILES string of the molecule is c1ccc([Si](c2ccccc2)(c2ccccc2)c2cc([Si](c3ccccc3)(c3ccccc3)c3ccccc3)nc(-n3c4ccccc4c4cc(-c5ccc6c(c5)c5ccccc5n6-c5nc([Si](c6ccccc6)(c6ccccc6)c6ccccc6)cc([Si](c6ccccc6)(c6ccccc6)c6ccccc6)n5)ccc43)n2)cc1. The molecule has 4 heterocycles. The van der Waals surface area contributed by atoms with Crippen molar-refractivity contribution in [2.45, 2.75) is 0 Å². The molecule has 0 N–H and O–H groups in total. The molecule has 538 valence electrons. The van der Waals surface area contributed by atoms with Crippen LogP contribution in [0.1, 0.15) is 0 Å². The smallest absolute Gasteiger partial charge is 0.234 e. The van der Waals surface area contributed by atoms with Crippen molar-refractivity contribution in [3.63, 3.8) is 0 Å². The average molecular weight is 1520 g/mol. The maximum atomic E-state index is 6.20. The third kappa shape index (κ3) is 11.3. The highest BCUT2D eigenvalue weighted by Crippen LogP contribution is 2.38. The van der Waals surface area contributed by atoms with E-state index in [9.17, 15) is 0 Å². The molecule has 0 aliphatic rings. The molecule has 0 aliphatic carbocycles. The topological polar surface area (TPSA) is 61.4 Å². The molecule has 0 amide bonds. The van der Waals surface area contributed by atoms with E-state index in [1.165, 1.54) is 62.2 Å². The molecule has 0 fully saturated rings. The van der Waals surface area contributed by atoms with Crippen molar-refractivity contribution in [3.05, 3.63) is 461 Å². The predicted molar refractivity (Wildman–Crippen MR) is 486 cm³/mol. The van der Waals surface area contributed by atoms with Crippen LogP contribution < -0.4 is 83.5 Å². The molecule has 16 aromatic carbocycles. The maximum Gasteiger partial charge on any atom is 0.234 e. The molecule has 0 unspecified atom stereocenters. The number of para-hydroxylation sites is 2. The van der Waals surface area contributed by atoms with Gasteiger partial charge in [0.15, 0.2) is 0 Å². The summed E-state index contributed by atoms with van der Waals surface area (Å²) >= 11 is 0. The second-order valence-electron chi connectivity index (χ2n) is 29.4. The Balaban J connectivity index is 0.834. The Morgan fingerprint density at radius 2 is 0.316 bits per heavy atom. The van der Waals surface area contributed by atoms with Gasteiger partial charge in [-0.15, -0.1) is 0 Å². The summed E-state index contributed by atoms with van der Waals surface area (Å²) in [5, 5.41) is 23.2. The van der Waals surface area contributed by atoms with Gasteiger partial charge in [0, 0.05) is 42.8 Å². The zero-order valence-corrected chi connectivity index (χ0v) is 66.6. The second kappa shape index (κ2) is 29.4. The summed E-state index contributed by atoms with van der Waals surface area (Å²) in [5.41, 5.74) is 6.22. The van der Waals surface area contributed by atoms with Crippen molar-refractivity contribution in [2.75, 3.05) is 0 Å². The van der Waals surface area contributed by atoms with E-state index in [0.717, 1.165) is 76.0 Å². The number of nitrogens with zero attached hydrogens (tertiary/aromatic N) is 6. The van der Waals surface area contributed by atoms with Gasteiger partial charge in [0.1, 0.15) is 0 Å². The van der Waals surface area contributed by atoms with Crippen LogP contribution in [-0.2, 0) is 0 Å². The lowest BCUT2D eigenvalue weighted by Crippen LogP contribution is -2.79. The first-order valence-electron chi connectivity index (χ1n) is 39.1. The van der Waals surface area contributed by atoms with Crippen molar-refractivity contribution in [1.82, 2.24) is 29.1 Å². The quantitative estimate of drug-likeness (QED) is 0.0598. The number of benzene rings is 16. The van der Waals surface area contributed by atoms with Crippen molar-refractivity contribution in [3.8, 4) is 23.0 Å². The van der Waals surface area contributed by atoms with Crippen molar-refractivity contribution in [2.24, 2.45) is 0 Å². The molecule has 6 nitrogen and oxygen atoms in total. The first-order chi connectivity index (χ1) is 56.5. The zero-order valence-electron chi connectivity index (χ0n) is 62.6. The van der Waals surface area contributed by atoms with Crippen LogP contribution in [0.2, 0.25) is 0 Å². The van der Waals surface area contributed by atoms with Gasteiger partial charge >= 0.3 is 0 Å². The zero-order chi connectivity index (χ0) is 75.9. The summed E-state index contributed by atoms with van der Waals surface area (Å²) in [6, 6.07) is 171. The van der Waals surface area contributed by atoms with E-state index >= 15 is 0 Å². The molecule has 20 aromatic rings. The van der Waals surface area contributed by atoms with Gasteiger partial charge in [-0.3, -0.25) is 9.13 Å². The lowest BCUT2D eigenvalue weighted by Gasteiger charge is -2.37. The van der Waals surface area contributed by atoms with Crippen LogP contribution in [0.15, 0.2) is 461 Å². The van der Waals surface area contributed by atoms with Crippen LogP contribution in [0.5, 0.6) is 0 Å². The molecule has 0 spiro atoms. The third-order valence-electron chi connectivity index (χ3n) is 23.5. The predicted octanol–water partition coefficient (Wildman–Crippen LogP) is 12.6. The van der Waals surface area contributed by atoms with E-state index in [-0.39, 0.29) is 0 Å². The minimum atomic E-state index is -3.36. The number of hydrogen-bond acceptors (Lipinski definition) is 4. The monoisotopic (exact) mass is 1520 g/mol. The second-order valence-corrected chi connectivity index (χ2v) is 44.4. The molecule has 0 aliphatic heterocycles. The molecular weight excluding hydrogens is 1450 g/mol. The first kappa shape index (κ1) is 69.3. The van der Waals surface area contributed by atoms with Crippen LogP contribution in [0.25, 0.3) is 66.6 Å². The molecule has 4 aromatic heterocycles. The highest BCUT2D eigenvalue weighted by molar-refractivity contribution is 7.23. The van der Waals surface area contributed by atoms with Gasteiger partial charge in [-0.2, -0.15) is 0 Å². The summed E-state index contributed by atoms with van der Waals surface area (Å²) in [6.45, 7) is 0. The Morgan fingerprint density at radius 1 is 0.149 bits per heavy atom. The number of hydrogen-bond donors (Lipinski definition) is 0. The molecule has 0 atom stereocenters. The van der Waals surface area contributed by atoms with Crippen molar-refractivity contribution in [1.29, 1.82) is 0 Å². The van der Waals surface area contributed by atoms with E-state index in [0.29, 0.717) is 11.9 Å². The minimum absolute atomic E-state index is 0.622. The first-order valence-corrected chi connectivity index (χ1v) is 47.1. The molecule has 10 heteroatoms. The fourth-order valence-electron chi connectivity index (χ4n) is 18.6. The molecule has 0 bridgehead atoms. The van der Waals surface area contributed by atoms with Gasteiger partial charge in [0.25, 0.3) is 0 Å². The maximum absolute atomic E-state index is 6.20. The van der Waals surface area contributed by atoms with Crippen LogP contribution in [-0.4, -0.2) is 61.4 Å². The van der Waals surface area contributed by atoms with E-state index in [1.54, 1.807) is 0 Å². The van der Waals surface area contributed by atoms with E-state index in [4.69, 9.17) is 19.9 Å². The van der Waals surface area contributed by atoms with Crippen LogP contribution >= 0.6 is 0 Å². The van der Waals surface area contributed by atoms with Gasteiger partial charge in [-0.1, -0.05) is 413 Å². The van der Waals surface area contributed by atoms with Crippen LogP contribution in [0.3, 0.4) is 0 Å². The minimum Gasteiger partial charge on any atom is -0.278 e. The summed E-state index contributed by atoms with van der Waals surface area (Å²) in [7, 11) is -13.5.